The highest BCUT2D eigenvalue weighted by Crippen LogP contribution is 2.40. The summed E-state index contributed by atoms with van der Waals surface area (Å²) in [5.41, 5.74) is 2.45. The van der Waals surface area contributed by atoms with Gasteiger partial charge in [-0.2, -0.15) is 0 Å². The summed E-state index contributed by atoms with van der Waals surface area (Å²) in [5.74, 6) is 0. The van der Waals surface area contributed by atoms with E-state index in [2.05, 4.69) is 43.3 Å². The molecule has 69 heavy (non-hydrogen) atoms. The Morgan fingerprint density at radius 2 is 0.435 bits per heavy atom. The first-order valence-electron chi connectivity index (χ1n) is 26.1. The van der Waals surface area contributed by atoms with Crippen molar-refractivity contribution in [1.29, 1.82) is 0 Å². The summed E-state index contributed by atoms with van der Waals surface area (Å²) in [4.78, 5) is 0. The normalized spacial score (nSPS) is 11.8. The van der Waals surface area contributed by atoms with Gasteiger partial charge in [0, 0.05) is 6.61 Å². The molecule has 13 heteroatoms. The Kier molecular flexibility index (Phi) is 40.5. The van der Waals surface area contributed by atoms with Gasteiger partial charge in [0.15, 0.2) is 0 Å². The molecule has 3 aromatic carbocycles. The molecular formula is C56H90O13. The van der Waals surface area contributed by atoms with Gasteiger partial charge in [-0.1, -0.05) is 162 Å². The van der Waals surface area contributed by atoms with Crippen LogP contribution in [0.15, 0.2) is 91.0 Å². The molecule has 0 heterocycles. The molecule has 0 aliphatic heterocycles. The molecule has 0 aliphatic rings. The fraction of sp³-hybridized carbons (Fsp3) is 0.679. The molecule has 392 valence electrons. The Morgan fingerprint density at radius 1 is 0.232 bits per heavy atom. The van der Waals surface area contributed by atoms with Gasteiger partial charge in [-0.05, 0) is 23.1 Å². The van der Waals surface area contributed by atoms with Gasteiger partial charge in [0.2, 0.25) is 0 Å². The molecule has 0 saturated heterocycles. The lowest BCUT2D eigenvalue weighted by Crippen LogP contribution is -2.34. The highest BCUT2D eigenvalue weighted by Gasteiger charge is 2.37. The first kappa shape index (κ1) is 60.4. The summed E-state index contributed by atoms with van der Waals surface area (Å²) in [6, 6.07) is 31.0. The molecular weight excluding hydrogens is 881 g/mol. The minimum absolute atomic E-state index is 0.415. The van der Waals surface area contributed by atoms with Crippen molar-refractivity contribution in [2.24, 2.45) is 0 Å². The SMILES string of the molecule is CCCCCCCCCCCCCOCCOCCOCCOCCOCCOCCOCCOCCOCCOCCOCCOCCOC(c1ccccc1)(c1ccccc1)c1ccccc1. The lowest BCUT2D eigenvalue weighted by molar-refractivity contribution is -0.0399. The maximum absolute atomic E-state index is 6.75. The van der Waals surface area contributed by atoms with Gasteiger partial charge in [-0.25, -0.2) is 0 Å². The molecule has 0 fully saturated rings. The molecule has 13 nitrogen and oxygen atoms in total. The number of hydrogen-bond acceptors (Lipinski definition) is 13. The zero-order valence-electron chi connectivity index (χ0n) is 42.4. The Bertz CT molecular complexity index is 1380. The zero-order chi connectivity index (χ0) is 48.5. The van der Waals surface area contributed by atoms with Gasteiger partial charge < -0.3 is 61.6 Å². The van der Waals surface area contributed by atoms with Crippen LogP contribution in [-0.2, 0) is 67.2 Å². The van der Waals surface area contributed by atoms with E-state index < -0.39 is 5.60 Å². The van der Waals surface area contributed by atoms with E-state index in [9.17, 15) is 0 Å². The van der Waals surface area contributed by atoms with Crippen LogP contribution in [0, 0.1) is 0 Å². The summed E-state index contributed by atoms with van der Waals surface area (Å²) in [5, 5.41) is 0. The summed E-state index contributed by atoms with van der Waals surface area (Å²) < 4.78 is 74.1. The second-order valence-electron chi connectivity index (χ2n) is 16.5. The molecule has 0 bridgehead atoms. The van der Waals surface area contributed by atoms with Crippen LogP contribution in [0.5, 0.6) is 0 Å². The Hall–Kier alpha value is -2.86. The Labute approximate surface area is 416 Å². The molecule has 0 aromatic heterocycles. The molecule has 0 N–H and O–H groups in total. The van der Waals surface area contributed by atoms with Crippen LogP contribution in [0.2, 0.25) is 0 Å². The van der Waals surface area contributed by atoms with Crippen LogP contribution >= 0.6 is 0 Å². The van der Waals surface area contributed by atoms with Crippen molar-refractivity contribution in [1.82, 2.24) is 0 Å². The van der Waals surface area contributed by atoms with Gasteiger partial charge >= 0.3 is 0 Å². The fourth-order valence-electron chi connectivity index (χ4n) is 7.41. The summed E-state index contributed by atoms with van der Waals surface area (Å²) in [6.45, 7) is 15.4. The van der Waals surface area contributed by atoms with E-state index in [1.165, 1.54) is 64.2 Å². The van der Waals surface area contributed by atoms with Crippen LogP contribution < -0.4 is 0 Å². The van der Waals surface area contributed by atoms with E-state index in [1.54, 1.807) is 0 Å². The predicted octanol–water partition coefficient (Wildman–Crippen LogP) is 9.51. The largest absolute Gasteiger partial charge is 0.379 e. The first-order valence-corrected chi connectivity index (χ1v) is 26.1. The predicted molar refractivity (Wildman–Crippen MR) is 271 cm³/mol. The summed E-state index contributed by atoms with van der Waals surface area (Å²) in [6.07, 6.45) is 14.8. The van der Waals surface area contributed by atoms with Crippen LogP contribution in [0.3, 0.4) is 0 Å². The molecule has 0 unspecified atom stereocenters. The van der Waals surface area contributed by atoms with Crippen molar-refractivity contribution >= 4 is 0 Å². The maximum Gasteiger partial charge on any atom is 0.143 e. The lowest BCUT2D eigenvalue weighted by atomic mass is 9.80. The smallest absolute Gasteiger partial charge is 0.143 e. The van der Waals surface area contributed by atoms with Crippen molar-refractivity contribution < 1.29 is 61.6 Å². The number of rotatable bonds is 52. The van der Waals surface area contributed by atoms with Gasteiger partial charge in [0.05, 0.1) is 159 Å². The molecule has 0 aliphatic carbocycles. The number of hydrogen-bond donors (Lipinski definition) is 0. The lowest BCUT2D eigenvalue weighted by Gasteiger charge is -2.36. The summed E-state index contributed by atoms with van der Waals surface area (Å²) >= 11 is 0. The number of ether oxygens (including phenoxy) is 13. The minimum Gasteiger partial charge on any atom is -0.379 e. The molecule has 3 rings (SSSR count). The third-order valence-electron chi connectivity index (χ3n) is 11.1. The monoisotopic (exact) mass is 971 g/mol. The molecule has 0 spiro atoms. The van der Waals surface area contributed by atoms with Crippen LogP contribution in [-0.4, -0.2) is 165 Å². The highest BCUT2D eigenvalue weighted by molar-refractivity contribution is 5.47. The van der Waals surface area contributed by atoms with E-state index in [-0.39, 0.29) is 0 Å². The molecule has 0 radical (unpaired) electrons. The van der Waals surface area contributed by atoms with Crippen molar-refractivity contribution in [2.75, 3.05) is 165 Å². The van der Waals surface area contributed by atoms with E-state index in [0.29, 0.717) is 159 Å². The quantitative estimate of drug-likeness (QED) is 0.0395. The fourth-order valence-corrected chi connectivity index (χ4v) is 7.41. The van der Waals surface area contributed by atoms with E-state index in [4.69, 9.17) is 61.6 Å². The van der Waals surface area contributed by atoms with Crippen molar-refractivity contribution in [3.63, 3.8) is 0 Å². The average Bonchev–Trinajstić information content (AvgIpc) is 3.39. The maximum atomic E-state index is 6.75. The summed E-state index contributed by atoms with van der Waals surface area (Å²) in [7, 11) is 0. The first-order chi connectivity index (χ1) is 34.4. The van der Waals surface area contributed by atoms with E-state index >= 15 is 0 Å². The second kappa shape index (κ2) is 46.2. The van der Waals surface area contributed by atoms with Crippen LogP contribution in [0.25, 0.3) is 0 Å². The Balaban J connectivity index is 0.955. The van der Waals surface area contributed by atoms with Crippen LogP contribution in [0.4, 0.5) is 0 Å². The van der Waals surface area contributed by atoms with Gasteiger partial charge in [-0.3, -0.25) is 0 Å². The number of benzene rings is 3. The van der Waals surface area contributed by atoms with Crippen molar-refractivity contribution in [3.05, 3.63) is 108 Å². The number of unbranched alkanes of at least 4 members (excludes halogenated alkanes) is 10. The van der Waals surface area contributed by atoms with Gasteiger partial charge in [0.1, 0.15) is 5.60 Å². The van der Waals surface area contributed by atoms with Gasteiger partial charge in [0.25, 0.3) is 0 Å². The standard InChI is InChI=1S/C56H90O13/c1-2-3-4-5-6-7-8-9-10-11-21-28-57-29-30-58-31-32-59-33-34-60-35-36-61-37-38-62-39-40-63-41-42-64-43-44-65-45-46-66-47-48-67-49-50-68-51-52-69-56(53-22-15-12-16-23-53,54-24-17-13-18-25-54)55-26-19-14-20-27-55/h12-20,22-27H,2-11,21,28-52H2,1H3. The molecule has 0 atom stereocenters. The van der Waals surface area contributed by atoms with Crippen molar-refractivity contribution in [3.8, 4) is 0 Å². The van der Waals surface area contributed by atoms with Crippen LogP contribution in [0.1, 0.15) is 94.2 Å². The highest BCUT2D eigenvalue weighted by atomic mass is 16.6. The van der Waals surface area contributed by atoms with Gasteiger partial charge in [-0.15, -0.1) is 0 Å². The van der Waals surface area contributed by atoms with E-state index in [0.717, 1.165) is 29.7 Å². The topological polar surface area (TPSA) is 120 Å². The average molecular weight is 971 g/mol. The molecule has 0 amide bonds. The molecule has 3 aromatic rings. The zero-order valence-corrected chi connectivity index (χ0v) is 42.4. The molecule has 0 saturated carbocycles. The Morgan fingerprint density at radius 3 is 0.681 bits per heavy atom. The third kappa shape index (κ3) is 32.0. The van der Waals surface area contributed by atoms with E-state index in [1.807, 2.05) is 54.6 Å². The third-order valence-corrected chi connectivity index (χ3v) is 11.1. The minimum atomic E-state index is -0.754. The van der Waals surface area contributed by atoms with Crippen molar-refractivity contribution in [2.45, 2.75) is 83.2 Å². The second-order valence-corrected chi connectivity index (χ2v) is 16.5.